The molecule has 352 valence electrons. The summed E-state index contributed by atoms with van der Waals surface area (Å²) in [5, 5.41) is 24.9. The Morgan fingerprint density at radius 1 is 0.913 bits per heavy atom. The quantitative estimate of drug-likeness (QED) is 0.0823. The van der Waals surface area contributed by atoms with Crippen molar-refractivity contribution in [1.29, 1.82) is 0 Å². The first-order valence-corrected chi connectivity index (χ1v) is 24.1. The van der Waals surface area contributed by atoms with Crippen molar-refractivity contribution >= 4 is 78.7 Å². The minimum atomic E-state index is -1.14. The van der Waals surface area contributed by atoms with E-state index in [2.05, 4.69) is 30.9 Å². The molecule has 0 radical (unpaired) electrons. The summed E-state index contributed by atoms with van der Waals surface area (Å²) in [7, 11) is 1.80. The zero-order chi connectivity index (χ0) is 47.8. The molecule has 4 N–H and O–H groups in total. The summed E-state index contributed by atoms with van der Waals surface area (Å²) in [6.07, 6.45) is 4.11. The number of aryl methyl sites for hydroxylation is 1. The Hall–Kier alpha value is -7.50. The van der Waals surface area contributed by atoms with Gasteiger partial charge >= 0.3 is 5.97 Å². The van der Waals surface area contributed by atoms with Gasteiger partial charge in [-0.25, -0.2) is 14.8 Å². The third-order valence-electron chi connectivity index (χ3n) is 13.5. The third kappa shape index (κ3) is 9.52. The number of piperidine rings is 2. The number of imide groups is 1. The van der Waals surface area contributed by atoms with Crippen molar-refractivity contribution in [2.24, 2.45) is 13.0 Å². The Morgan fingerprint density at radius 3 is 2.61 bits per heavy atom. The number of nitrogens with zero attached hydrogens (tertiary/aromatic N) is 6. The van der Waals surface area contributed by atoms with Gasteiger partial charge in [0.1, 0.15) is 11.6 Å². The number of aromatic carboxylic acids is 1. The number of hydrogen-bond acceptors (Lipinski definition) is 12. The minimum absolute atomic E-state index is 0.0665. The Balaban J connectivity index is 0.752. The Labute approximate surface area is 401 Å². The summed E-state index contributed by atoms with van der Waals surface area (Å²) >= 11 is 1.42. The summed E-state index contributed by atoms with van der Waals surface area (Å²) in [6.45, 7) is 5.20. The number of amides is 4. The molecule has 3 aliphatic rings. The van der Waals surface area contributed by atoms with Crippen LogP contribution < -0.4 is 25.6 Å². The highest BCUT2D eigenvalue weighted by molar-refractivity contribution is 7.22. The van der Waals surface area contributed by atoms with Crippen LogP contribution in [0, 0.1) is 12.8 Å². The molecule has 0 saturated carbocycles. The first-order chi connectivity index (χ1) is 33.4. The summed E-state index contributed by atoms with van der Waals surface area (Å²) in [5.41, 5.74) is 7.30. The maximum Gasteiger partial charge on any atom is 0.355 e. The molecule has 2 saturated heterocycles. The molecule has 0 spiro atoms. The van der Waals surface area contributed by atoms with Gasteiger partial charge in [-0.05, 0) is 128 Å². The number of para-hydroxylation sites is 1. The number of aromatic nitrogens is 4. The number of likely N-dealkylation sites (tertiary alicyclic amines) is 1. The third-order valence-corrected chi connectivity index (χ3v) is 14.5. The molecule has 10 rings (SSSR count). The molecule has 0 aliphatic carbocycles. The fraction of sp³-hybridized carbons (Fsp3) is 0.308. The molecule has 1 unspecified atom stereocenters. The lowest BCUT2D eigenvalue weighted by atomic mass is 9.93. The molecule has 0 bridgehead atoms. The molecular formula is C52H51N9O7S. The topological polar surface area (TPSA) is 201 Å². The first-order valence-electron chi connectivity index (χ1n) is 23.3. The van der Waals surface area contributed by atoms with Crippen LogP contribution in [0.1, 0.15) is 81.3 Å². The van der Waals surface area contributed by atoms with Crippen LogP contribution >= 0.6 is 11.3 Å². The highest BCUT2D eigenvalue weighted by atomic mass is 32.1. The number of nitrogens with one attached hydrogen (secondary N) is 3. The second kappa shape index (κ2) is 19.2. The summed E-state index contributed by atoms with van der Waals surface area (Å²) in [4.78, 5) is 77.5. The summed E-state index contributed by atoms with van der Waals surface area (Å²) in [6, 6.07) is 28.3. The van der Waals surface area contributed by atoms with E-state index in [0.717, 1.165) is 70.2 Å². The molecule has 2 fully saturated rings. The first kappa shape index (κ1) is 45.3. The predicted octanol–water partition coefficient (Wildman–Crippen LogP) is 7.71. The molecule has 6 heterocycles. The second-order valence-corrected chi connectivity index (χ2v) is 19.1. The normalized spacial score (nSPS) is 17.4. The maximum atomic E-state index is 13.6. The van der Waals surface area contributed by atoms with Gasteiger partial charge in [-0.3, -0.25) is 39.4 Å². The number of carbonyl (C=O) groups excluding carboxylic acids is 4. The van der Waals surface area contributed by atoms with Crippen LogP contribution in [0.15, 0.2) is 91.0 Å². The van der Waals surface area contributed by atoms with E-state index in [1.165, 1.54) is 11.3 Å². The molecule has 4 aromatic carbocycles. The van der Waals surface area contributed by atoms with E-state index < -0.39 is 11.9 Å². The highest BCUT2D eigenvalue weighted by Gasteiger charge is 2.32. The predicted molar refractivity (Wildman–Crippen MR) is 264 cm³/mol. The number of rotatable bonds is 13. The van der Waals surface area contributed by atoms with Gasteiger partial charge in [0.15, 0.2) is 10.8 Å². The fourth-order valence-electron chi connectivity index (χ4n) is 9.99. The lowest BCUT2D eigenvalue weighted by molar-refractivity contribution is -0.134. The molecule has 17 heteroatoms. The smallest absolute Gasteiger partial charge is 0.355 e. The summed E-state index contributed by atoms with van der Waals surface area (Å²) in [5.74, 6) is -1.12. The number of carbonyl (C=O) groups is 5. The molecule has 4 amide bonds. The highest BCUT2D eigenvalue weighted by Crippen LogP contribution is 2.36. The van der Waals surface area contributed by atoms with Gasteiger partial charge in [0.2, 0.25) is 17.7 Å². The van der Waals surface area contributed by atoms with Gasteiger partial charge in [-0.2, -0.15) is 5.10 Å². The molecule has 3 aliphatic heterocycles. The maximum absolute atomic E-state index is 13.6. The van der Waals surface area contributed by atoms with Crippen molar-refractivity contribution in [1.82, 2.24) is 30.0 Å². The van der Waals surface area contributed by atoms with Crippen LogP contribution in [0.2, 0.25) is 0 Å². The molecule has 16 nitrogen and oxygen atoms in total. The van der Waals surface area contributed by atoms with Crippen molar-refractivity contribution in [3.63, 3.8) is 0 Å². The molecule has 7 aromatic rings. The average molecular weight is 946 g/mol. The van der Waals surface area contributed by atoms with Gasteiger partial charge in [0.25, 0.3) is 5.91 Å². The zero-order valence-corrected chi connectivity index (χ0v) is 39.1. The van der Waals surface area contributed by atoms with E-state index in [1.807, 2.05) is 103 Å². The SMILES string of the molecule is Cc1c(OCC[C@H]2CCCN(CC(=O)Nc3ccc4c(C5CCC(=O)NC5=O)nn(C)c4c3)C2)cccc1-c1ccc(N2CCc3cccc(C(=O)Nc4nc5ccccc5s4)c3C2)nc1C(=O)O. The standard InChI is InChI=1S/C52H51N9O7S/c1-30-34(35-17-19-44(55-48(35)51(66)67)61-24-21-32-9-5-11-36(39(32)28-61)49(64)57-52-54-40-12-3-4-14-43(40)69-52)10-6-13-42(30)68-25-22-31-8-7-23-60(27-31)29-46(63)53-33-15-16-37-41(26-33)59(2)58-47(37)38-18-20-45(62)56-50(38)65/h3-6,9-17,19,26,31,38H,7-8,18,20-25,27-29H2,1-2H3,(H,53,63)(H,66,67)(H,54,57,64)(H,56,62,65)/t31-,38?/m1/s1. The molecule has 2 atom stereocenters. The monoisotopic (exact) mass is 945 g/mol. The Kier molecular flexibility index (Phi) is 12.6. The van der Waals surface area contributed by atoms with Gasteiger partial charge in [0, 0.05) is 55.3 Å². The van der Waals surface area contributed by atoms with Crippen LogP contribution in [0.4, 0.5) is 16.6 Å². The summed E-state index contributed by atoms with van der Waals surface area (Å²) < 4.78 is 9.06. The molecule has 69 heavy (non-hydrogen) atoms. The van der Waals surface area contributed by atoms with Gasteiger partial charge in [-0.15, -0.1) is 0 Å². The second-order valence-electron chi connectivity index (χ2n) is 18.0. The van der Waals surface area contributed by atoms with E-state index in [1.54, 1.807) is 11.7 Å². The minimum Gasteiger partial charge on any atom is -0.493 e. The van der Waals surface area contributed by atoms with Gasteiger partial charge in [0.05, 0.1) is 40.5 Å². The molecular weight excluding hydrogens is 895 g/mol. The number of carboxylic acids is 1. The number of carboxylic acid groups (broad SMARTS) is 1. The van der Waals surface area contributed by atoms with Crippen molar-refractivity contribution in [2.45, 2.75) is 57.9 Å². The van der Waals surface area contributed by atoms with E-state index in [0.29, 0.717) is 83.2 Å². The zero-order valence-electron chi connectivity index (χ0n) is 38.3. The van der Waals surface area contributed by atoms with Crippen molar-refractivity contribution in [3.8, 4) is 16.9 Å². The number of anilines is 3. The van der Waals surface area contributed by atoms with Crippen LogP contribution in [0.5, 0.6) is 5.75 Å². The van der Waals surface area contributed by atoms with Crippen LogP contribution in [0.3, 0.4) is 0 Å². The van der Waals surface area contributed by atoms with E-state index in [-0.39, 0.29) is 42.3 Å². The van der Waals surface area contributed by atoms with E-state index >= 15 is 0 Å². The lowest BCUT2D eigenvalue weighted by Gasteiger charge is -2.32. The van der Waals surface area contributed by atoms with Crippen LogP contribution in [-0.2, 0) is 34.4 Å². The van der Waals surface area contributed by atoms with Gasteiger partial charge < -0.3 is 20.1 Å². The van der Waals surface area contributed by atoms with E-state index in [4.69, 9.17) is 9.72 Å². The van der Waals surface area contributed by atoms with Crippen LogP contribution in [0.25, 0.3) is 32.2 Å². The number of thiazole rings is 1. The number of hydrogen-bond donors (Lipinski definition) is 4. The number of fused-ring (bicyclic) bond motifs is 3. The van der Waals surface area contributed by atoms with Gasteiger partial charge in [-0.1, -0.05) is 47.7 Å². The number of benzene rings is 4. The molecule has 3 aromatic heterocycles. The number of pyridine rings is 1. The number of ether oxygens (including phenoxy) is 1. The van der Waals surface area contributed by atoms with Crippen molar-refractivity contribution in [2.75, 3.05) is 48.3 Å². The largest absolute Gasteiger partial charge is 0.493 e. The van der Waals surface area contributed by atoms with Crippen molar-refractivity contribution in [3.05, 3.63) is 125 Å². The Morgan fingerprint density at radius 2 is 1.77 bits per heavy atom. The van der Waals surface area contributed by atoms with Crippen LogP contribution in [-0.4, -0.2) is 92.1 Å². The average Bonchev–Trinajstić information content (AvgIpc) is 3.90. The fourth-order valence-corrected chi connectivity index (χ4v) is 10.9. The van der Waals surface area contributed by atoms with Crippen molar-refractivity contribution < 1.29 is 33.8 Å². The van der Waals surface area contributed by atoms with E-state index in [9.17, 15) is 29.1 Å². The Bertz CT molecular complexity index is 3150. The lowest BCUT2D eigenvalue weighted by Crippen LogP contribution is -2.40.